The van der Waals surface area contributed by atoms with Gasteiger partial charge in [-0.2, -0.15) is 0 Å². The highest BCUT2D eigenvalue weighted by molar-refractivity contribution is 5.77. The van der Waals surface area contributed by atoms with Gasteiger partial charge in [-0.15, -0.1) is 0 Å². The first-order valence-corrected chi connectivity index (χ1v) is 11.1. The van der Waals surface area contributed by atoms with Crippen molar-refractivity contribution in [1.29, 1.82) is 0 Å². The first-order chi connectivity index (χ1) is 16.1. The lowest BCUT2D eigenvalue weighted by molar-refractivity contribution is -0.141. The average Bonchev–Trinajstić information content (AvgIpc) is 2.83. The number of ether oxygens (including phenoxy) is 4. The van der Waals surface area contributed by atoms with Crippen LogP contribution in [-0.4, -0.2) is 39.0 Å². The number of aryl methyl sites for hydroxylation is 1. The molecule has 0 aliphatic rings. The van der Waals surface area contributed by atoms with Crippen molar-refractivity contribution in [1.82, 2.24) is 0 Å². The Bertz CT molecular complexity index is 985. The fourth-order valence-electron chi connectivity index (χ4n) is 3.23. The summed E-state index contributed by atoms with van der Waals surface area (Å²) in [4.78, 5) is 13.0. The molecule has 0 saturated heterocycles. The summed E-state index contributed by atoms with van der Waals surface area (Å²) in [6.07, 6.45) is 0. The maximum Gasteiger partial charge on any atom is 0.302 e. The van der Waals surface area contributed by atoms with Gasteiger partial charge in [-0.3, -0.25) is 4.79 Å². The van der Waals surface area contributed by atoms with Gasteiger partial charge in [0.2, 0.25) is 0 Å². The maximum absolute atomic E-state index is 10.9. The summed E-state index contributed by atoms with van der Waals surface area (Å²) in [5.74, 6) is 1.21. The Morgan fingerprint density at radius 2 is 1.15 bits per heavy atom. The molecule has 6 heteroatoms. The smallest absolute Gasteiger partial charge is 0.302 e. The molecule has 0 bridgehead atoms. The predicted molar refractivity (Wildman–Crippen MR) is 130 cm³/mol. The first-order valence-electron chi connectivity index (χ1n) is 11.1. The van der Waals surface area contributed by atoms with Crippen LogP contribution in [0, 0.1) is 6.92 Å². The van der Waals surface area contributed by atoms with Gasteiger partial charge in [0.25, 0.3) is 0 Å². The zero-order valence-corrected chi connectivity index (χ0v) is 19.5. The number of hydrogen-bond acceptors (Lipinski definition) is 6. The van der Waals surface area contributed by atoms with Crippen molar-refractivity contribution in [3.63, 3.8) is 0 Å². The number of rotatable bonds is 12. The van der Waals surface area contributed by atoms with Crippen LogP contribution in [-0.2, 0) is 14.3 Å². The lowest BCUT2D eigenvalue weighted by Crippen LogP contribution is -2.11. The molecule has 0 aliphatic heterocycles. The second-order valence-electron chi connectivity index (χ2n) is 7.39. The second kappa shape index (κ2) is 12.5. The molecule has 3 aromatic rings. The van der Waals surface area contributed by atoms with E-state index in [0.717, 1.165) is 22.8 Å². The third-order valence-corrected chi connectivity index (χ3v) is 4.84. The molecular formula is C27H31NO5. The van der Waals surface area contributed by atoms with Crippen LogP contribution in [0.3, 0.4) is 0 Å². The van der Waals surface area contributed by atoms with Crippen LogP contribution < -0.4 is 14.4 Å². The Morgan fingerprint density at radius 1 is 0.697 bits per heavy atom. The van der Waals surface area contributed by atoms with Gasteiger partial charge in [0.1, 0.15) is 31.3 Å². The van der Waals surface area contributed by atoms with E-state index in [0.29, 0.717) is 32.2 Å². The van der Waals surface area contributed by atoms with E-state index < -0.39 is 0 Å². The van der Waals surface area contributed by atoms with E-state index in [2.05, 4.69) is 36.1 Å². The molecule has 0 atom stereocenters. The van der Waals surface area contributed by atoms with Crippen LogP contribution in [0.1, 0.15) is 19.4 Å². The normalized spacial score (nSPS) is 10.5. The van der Waals surface area contributed by atoms with E-state index in [9.17, 15) is 4.79 Å². The zero-order valence-electron chi connectivity index (χ0n) is 19.5. The van der Waals surface area contributed by atoms with Crippen molar-refractivity contribution < 1.29 is 23.7 Å². The van der Waals surface area contributed by atoms with E-state index in [1.54, 1.807) is 0 Å². The number of nitrogens with zero attached hydrogens (tertiary/aromatic N) is 1. The minimum atomic E-state index is -0.312. The molecule has 0 aliphatic carbocycles. The molecule has 3 aromatic carbocycles. The summed E-state index contributed by atoms with van der Waals surface area (Å²) in [5, 5.41) is 0. The van der Waals surface area contributed by atoms with Crippen molar-refractivity contribution in [3.8, 4) is 11.5 Å². The average molecular weight is 450 g/mol. The minimum absolute atomic E-state index is 0.228. The third kappa shape index (κ3) is 7.54. The number of benzene rings is 3. The van der Waals surface area contributed by atoms with Crippen LogP contribution >= 0.6 is 0 Å². The molecule has 0 unspecified atom stereocenters. The van der Waals surface area contributed by atoms with E-state index in [-0.39, 0.29) is 12.6 Å². The van der Waals surface area contributed by atoms with E-state index in [4.69, 9.17) is 18.9 Å². The molecule has 0 aromatic heterocycles. The molecule has 6 nitrogen and oxygen atoms in total. The molecule has 0 heterocycles. The maximum atomic E-state index is 10.9. The van der Waals surface area contributed by atoms with Crippen molar-refractivity contribution in [2.45, 2.75) is 20.8 Å². The Kier molecular flexibility index (Phi) is 9.15. The minimum Gasteiger partial charge on any atom is -0.491 e. The van der Waals surface area contributed by atoms with Crippen molar-refractivity contribution in [3.05, 3.63) is 78.4 Å². The van der Waals surface area contributed by atoms with Gasteiger partial charge < -0.3 is 23.8 Å². The molecule has 33 heavy (non-hydrogen) atoms. The highest BCUT2D eigenvalue weighted by Gasteiger charge is 2.13. The number of carbonyl (C=O) groups is 1. The summed E-state index contributed by atoms with van der Waals surface area (Å²) in [7, 11) is 0. The molecule has 0 spiro atoms. The van der Waals surface area contributed by atoms with Crippen LogP contribution in [0.25, 0.3) is 0 Å². The zero-order chi connectivity index (χ0) is 23.5. The monoisotopic (exact) mass is 449 g/mol. The number of hydrogen-bond donors (Lipinski definition) is 0. The topological polar surface area (TPSA) is 57.2 Å². The SMILES string of the molecule is CCOCCOc1ccc(N(c2ccc(C)cc2)c2ccc(OCCOC(C)=O)cc2)cc1. The number of anilines is 3. The second-order valence-corrected chi connectivity index (χ2v) is 7.39. The molecule has 0 saturated carbocycles. The van der Waals surface area contributed by atoms with Gasteiger partial charge in [0.05, 0.1) is 6.61 Å². The quantitative estimate of drug-likeness (QED) is 0.256. The Morgan fingerprint density at radius 3 is 1.61 bits per heavy atom. The lowest BCUT2D eigenvalue weighted by Gasteiger charge is -2.26. The summed E-state index contributed by atoms with van der Waals surface area (Å²) >= 11 is 0. The Balaban J connectivity index is 1.76. The van der Waals surface area contributed by atoms with Gasteiger partial charge in [-0.1, -0.05) is 17.7 Å². The first kappa shape index (κ1) is 24.1. The van der Waals surface area contributed by atoms with E-state index in [1.807, 2.05) is 55.5 Å². The van der Waals surface area contributed by atoms with E-state index in [1.165, 1.54) is 12.5 Å². The van der Waals surface area contributed by atoms with Crippen molar-refractivity contribution >= 4 is 23.0 Å². The van der Waals surface area contributed by atoms with Crippen molar-refractivity contribution in [2.24, 2.45) is 0 Å². The lowest BCUT2D eigenvalue weighted by atomic mass is 10.1. The van der Waals surface area contributed by atoms with Crippen LogP contribution in [0.4, 0.5) is 17.1 Å². The number of carbonyl (C=O) groups excluding carboxylic acids is 1. The summed E-state index contributed by atoms with van der Waals surface area (Å²) in [6, 6.07) is 24.3. The summed E-state index contributed by atoms with van der Waals surface area (Å²) in [6.45, 7) is 7.74. The predicted octanol–water partition coefficient (Wildman–Crippen LogP) is 5.82. The van der Waals surface area contributed by atoms with Crippen LogP contribution in [0.5, 0.6) is 11.5 Å². The standard InChI is InChI=1S/C27H31NO5/c1-4-30-17-18-32-26-13-9-24(10-14-26)28(23-7-5-21(2)6-8-23)25-11-15-27(16-12-25)33-20-19-31-22(3)29/h5-16H,4,17-20H2,1-3H3. The fourth-order valence-corrected chi connectivity index (χ4v) is 3.23. The molecule has 3 rings (SSSR count). The van der Waals surface area contributed by atoms with Gasteiger partial charge in [-0.25, -0.2) is 0 Å². The fraction of sp³-hybridized carbons (Fsp3) is 0.296. The van der Waals surface area contributed by atoms with Gasteiger partial charge in [-0.05, 0) is 74.5 Å². The van der Waals surface area contributed by atoms with Crippen LogP contribution in [0.15, 0.2) is 72.8 Å². The largest absolute Gasteiger partial charge is 0.491 e. The summed E-state index contributed by atoms with van der Waals surface area (Å²) in [5.41, 5.74) is 4.26. The van der Waals surface area contributed by atoms with Crippen LogP contribution in [0.2, 0.25) is 0 Å². The highest BCUT2D eigenvalue weighted by Crippen LogP contribution is 2.36. The third-order valence-electron chi connectivity index (χ3n) is 4.84. The molecule has 0 fully saturated rings. The van der Waals surface area contributed by atoms with E-state index >= 15 is 0 Å². The molecule has 0 amide bonds. The van der Waals surface area contributed by atoms with Gasteiger partial charge >= 0.3 is 5.97 Å². The Labute approximate surface area is 195 Å². The summed E-state index contributed by atoms with van der Waals surface area (Å²) < 4.78 is 21.7. The van der Waals surface area contributed by atoms with Crippen molar-refractivity contribution in [2.75, 3.05) is 37.9 Å². The van der Waals surface area contributed by atoms with Gasteiger partial charge in [0.15, 0.2) is 0 Å². The highest BCUT2D eigenvalue weighted by atomic mass is 16.6. The molecule has 174 valence electrons. The molecule has 0 N–H and O–H groups in total. The molecular weight excluding hydrogens is 418 g/mol. The van der Waals surface area contributed by atoms with Gasteiger partial charge in [0, 0.05) is 30.6 Å². The Hall–Kier alpha value is -3.51. The number of esters is 1. The molecule has 0 radical (unpaired) electrons.